The summed E-state index contributed by atoms with van der Waals surface area (Å²) in [5, 5.41) is 9.10. The number of hydrogen-bond acceptors (Lipinski definition) is 2. The quantitative estimate of drug-likeness (QED) is 0.772. The molecule has 19 heavy (non-hydrogen) atoms. The van der Waals surface area contributed by atoms with Gasteiger partial charge in [0.15, 0.2) is 0 Å². The van der Waals surface area contributed by atoms with Crippen molar-refractivity contribution in [3.8, 4) is 0 Å². The van der Waals surface area contributed by atoms with Crippen LogP contribution in [0.2, 0.25) is 0 Å². The maximum absolute atomic E-state index is 11.1. The van der Waals surface area contributed by atoms with Crippen molar-refractivity contribution in [3.63, 3.8) is 0 Å². The third kappa shape index (κ3) is 4.07. The fourth-order valence-electron chi connectivity index (χ4n) is 3.67. The summed E-state index contributed by atoms with van der Waals surface area (Å²) < 4.78 is 0. The van der Waals surface area contributed by atoms with Crippen LogP contribution in [0.1, 0.15) is 64.2 Å². The van der Waals surface area contributed by atoms with Crippen LogP contribution in [0.4, 0.5) is 0 Å². The molecule has 0 heterocycles. The summed E-state index contributed by atoms with van der Waals surface area (Å²) in [7, 11) is 0. The van der Waals surface area contributed by atoms with Gasteiger partial charge in [0.1, 0.15) is 0 Å². The van der Waals surface area contributed by atoms with Gasteiger partial charge in [-0.2, -0.15) is 0 Å². The van der Waals surface area contributed by atoms with Gasteiger partial charge in [-0.15, -0.1) is 0 Å². The van der Waals surface area contributed by atoms with Gasteiger partial charge in [0.05, 0.1) is 0 Å². The Morgan fingerprint density at radius 1 is 0.947 bits per heavy atom. The minimum atomic E-state index is -0.836. The molecule has 0 atom stereocenters. The highest BCUT2D eigenvalue weighted by atomic mass is 16.4. The maximum Gasteiger partial charge on any atom is 0.332 e. The second-order valence-electron chi connectivity index (χ2n) is 6.16. The lowest BCUT2D eigenvalue weighted by Crippen LogP contribution is -2.46. The molecule has 2 rings (SSSR count). The van der Waals surface area contributed by atoms with Gasteiger partial charge in [-0.3, -0.25) is 4.90 Å². The van der Waals surface area contributed by atoms with Crippen LogP contribution in [-0.4, -0.2) is 34.6 Å². The fourth-order valence-corrected chi connectivity index (χ4v) is 3.67. The van der Waals surface area contributed by atoms with Crippen LogP contribution in [0.15, 0.2) is 12.2 Å². The van der Waals surface area contributed by atoms with Crippen LogP contribution in [0.25, 0.3) is 0 Å². The van der Waals surface area contributed by atoms with Crippen LogP contribution >= 0.6 is 0 Å². The number of hydrogen-bond donors (Lipinski definition) is 1. The van der Waals surface area contributed by atoms with Gasteiger partial charge in [-0.1, -0.05) is 45.1 Å². The van der Waals surface area contributed by atoms with E-state index in [0.717, 1.165) is 0 Å². The molecule has 0 aromatic carbocycles. The molecule has 2 aliphatic rings. The molecule has 3 nitrogen and oxygen atoms in total. The lowest BCUT2D eigenvalue weighted by molar-refractivity contribution is -0.133. The molecule has 0 aliphatic heterocycles. The summed E-state index contributed by atoms with van der Waals surface area (Å²) in [6.45, 7) is 4.30. The number of rotatable bonds is 5. The molecular weight excluding hydrogens is 238 g/mol. The van der Waals surface area contributed by atoms with E-state index in [9.17, 15) is 4.79 Å². The Bertz CT molecular complexity index is 297. The van der Waals surface area contributed by atoms with Gasteiger partial charge in [0.2, 0.25) is 0 Å². The molecule has 1 N–H and O–H groups in total. The number of aliphatic carboxylic acids is 1. The van der Waals surface area contributed by atoms with Gasteiger partial charge in [-0.05, 0) is 25.7 Å². The summed E-state index contributed by atoms with van der Waals surface area (Å²) in [5.41, 5.74) is 0.358. The molecule has 108 valence electrons. The number of carboxylic acid groups (broad SMARTS) is 1. The Balaban J connectivity index is 2.02. The minimum absolute atomic E-state index is 0.358. The van der Waals surface area contributed by atoms with E-state index < -0.39 is 5.97 Å². The zero-order valence-corrected chi connectivity index (χ0v) is 11.9. The first-order valence-corrected chi connectivity index (χ1v) is 7.85. The van der Waals surface area contributed by atoms with Gasteiger partial charge in [0, 0.05) is 24.2 Å². The van der Waals surface area contributed by atoms with Crippen molar-refractivity contribution in [2.45, 2.75) is 76.3 Å². The van der Waals surface area contributed by atoms with E-state index >= 15 is 0 Å². The minimum Gasteiger partial charge on any atom is -0.478 e. The Morgan fingerprint density at radius 2 is 1.37 bits per heavy atom. The van der Waals surface area contributed by atoms with E-state index in [1.54, 1.807) is 0 Å². The van der Waals surface area contributed by atoms with Crippen molar-refractivity contribution in [1.82, 2.24) is 4.90 Å². The fraction of sp³-hybridized carbons (Fsp3) is 0.812. The highest BCUT2D eigenvalue weighted by Crippen LogP contribution is 2.30. The molecule has 0 radical (unpaired) electrons. The maximum atomic E-state index is 11.1. The van der Waals surface area contributed by atoms with E-state index in [1.807, 2.05) is 0 Å². The third-order valence-corrected chi connectivity index (χ3v) is 4.76. The average Bonchev–Trinajstić information content (AvgIpc) is 2.46. The third-order valence-electron chi connectivity index (χ3n) is 4.76. The van der Waals surface area contributed by atoms with Crippen molar-refractivity contribution < 1.29 is 9.90 Å². The summed E-state index contributed by atoms with van der Waals surface area (Å²) in [6, 6.07) is 1.18. The highest BCUT2D eigenvalue weighted by molar-refractivity contribution is 5.86. The lowest BCUT2D eigenvalue weighted by Gasteiger charge is -2.41. The normalized spacial score (nSPS) is 22.6. The summed E-state index contributed by atoms with van der Waals surface area (Å²) in [4.78, 5) is 13.6. The van der Waals surface area contributed by atoms with E-state index in [0.29, 0.717) is 24.2 Å². The predicted molar refractivity (Wildman–Crippen MR) is 77.2 cm³/mol. The molecule has 2 fully saturated rings. The van der Waals surface area contributed by atoms with E-state index in [4.69, 9.17) is 5.11 Å². The molecule has 2 aliphatic carbocycles. The Kier molecular flexibility index (Phi) is 5.44. The smallest absolute Gasteiger partial charge is 0.332 e. The average molecular weight is 265 g/mol. The first-order valence-electron chi connectivity index (χ1n) is 7.85. The van der Waals surface area contributed by atoms with Crippen LogP contribution in [0.3, 0.4) is 0 Å². The van der Waals surface area contributed by atoms with Gasteiger partial charge in [0.25, 0.3) is 0 Å². The second kappa shape index (κ2) is 7.09. The standard InChI is InChI=1S/C16H27NO2/c1-13(16(18)19)12-17(14-8-4-2-5-9-14)15-10-6-3-7-11-15/h14-15H,1-12H2,(H,18,19). The molecule has 0 unspecified atom stereocenters. The predicted octanol–water partition coefficient (Wildman–Crippen LogP) is 3.59. The molecule has 3 heteroatoms. The molecule has 0 aromatic heterocycles. The van der Waals surface area contributed by atoms with E-state index in [1.165, 1.54) is 64.2 Å². The number of nitrogens with zero attached hydrogens (tertiary/aromatic N) is 1. The van der Waals surface area contributed by atoms with Crippen LogP contribution < -0.4 is 0 Å². The lowest BCUT2D eigenvalue weighted by atomic mass is 9.88. The topological polar surface area (TPSA) is 40.5 Å². The SMILES string of the molecule is C=C(CN(C1CCCCC1)C1CCCCC1)C(=O)O. The molecule has 0 bridgehead atoms. The van der Waals surface area contributed by atoms with Crippen LogP contribution in [0, 0.1) is 0 Å². The summed E-state index contributed by atoms with van der Waals surface area (Å²) >= 11 is 0. The Labute approximate surface area is 116 Å². The van der Waals surface area contributed by atoms with Crippen molar-refractivity contribution >= 4 is 5.97 Å². The highest BCUT2D eigenvalue weighted by Gasteiger charge is 2.29. The van der Waals surface area contributed by atoms with E-state index in [-0.39, 0.29) is 0 Å². The Hall–Kier alpha value is -0.830. The van der Waals surface area contributed by atoms with Crippen molar-refractivity contribution in [3.05, 3.63) is 12.2 Å². The van der Waals surface area contributed by atoms with Crippen LogP contribution in [-0.2, 0) is 4.79 Å². The van der Waals surface area contributed by atoms with Crippen molar-refractivity contribution in [1.29, 1.82) is 0 Å². The first kappa shape index (κ1) is 14.6. The zero-order valence-electron chi connectivity index (χ0n) is 11.9. The van der Waals surface area contributed by atoms with Crippen LogP contribution in [0.5, 0.6) is 0 Å². The first-order chi connectivity index (χ1) is 9.18. The van der Waals surface area contributed by atoms with E-state index in [2.05, 4.69) is 11.5 Å². The van der Waals surface area contributed by atoms with Gasteiger partial charge < -0.3 is 5.11 Å². The largest absolute Gasteiger partial charge is 0.478 e. The summed E-state index contributed by atoms with van der Waals surface area (Å²) in [6.07, 6.45) is 12.8. The summed E-state index contributed by atoms with van der Waals surface area (Å²) in [5.74, 6) is -0.836. The van der Waals surface area contributed by atoms with Gasteiger partial charge in [-0.25, -0.2) is 4.79 Å². The molecule has 0 aromatic rings. The second-order valence-corrected chi connectivity index (χ2v) is 6.16. The number of carboxylic acids is 1. The van der Waals surface area contributed by atoms with Gasteiger partial charge >= 0.3 is 5.97 Å². The van der Waals surface area contributed by atoms with Crippen molar-refractivity contribution in [2.24, 2.45) is 0 Å². The number of carbonyl (C=O) groups is 1. The van der Waals surface area contributed by atoms with Crippen molar-refractivity contribution in [2.75, 3.05) is 6.54 Å². The molecular formula is C16H27NO2. The molecule has 0 spiro atoms. The molecule has 0 amide bonds. The molecule has 2 saturated carbocycles. The monoisotopic (exact) mass is 265 g/mol. The molecule has 0 saturated heterocycles. The Morgan fingerprint density at radius 3 is 1.74 bits per heavy atom. The zero-order chi connectivity index (χ0) is 13.7.